The Labute approximate surface area is 111 Å². The zero-order valence-corrected chi connectivity index (χ0v) is 11.3. The molecule has 2 N–H and O–H groups in total. The van der Waals surface area contributed by atoms with Crippen molar-refractivity contribution in [3.8, 4) is 0 Å². The highest BCUT2D eigenvalue weighted by atomic mass is 32.2. The predicted octanol–water partition coefficient (Wildman–Crippen LogP) is 2.70. The van der Waals surface area contributed by atoms with E-state index in [2.05, 4.69) is 0 Å². The Morgan fingerprint density at radius 3 is 2.61 bits per heavy atom. The molecule has 18 heavy (non-hydrogen) atoms. The van der Waals surface area contributed by atoms with Gasteiger partial charge in [-0.3, -0.25) is 0 Å². The van der Waals surface area contributed by atoms with Crippen LogP contribution < -0.4 is 5.73 Å². The topological polar surface area (TPSA) is 35.2 Å². The van der Waals surface area contributed by atoms with Crippen molar-refractivity contribution in [1.82, 2.24) is 0 Å². The molecule has 2 nitrogen and oxygen atoms in total. The van der Waals surface area contributed by atoms with Gasteiger partial charge in [-0.1, -0.05) is 6.07 Å². The number of rotatable bonds is 4. The standard InChI is InChI=1S/C14H18FNOS/c1-9(16)14(4-5-14)10-2-3-13(12(15)6-10)18-11-7-17-8-11/h2-3,6,9,11H,4-5,7-8,16H2,1H3. The third-order valence-electron chi connectivity index (χ3n) is 4.07. The summed E-state index contributed by atoms with van der Waals surface area (Å²) in [7, 11) is 0. The minimum absolute atomic E-state index is 0.0314. The molecule has 1 atom stereocenters. The molecule has 1 unspecified atom stereocenters. The molecule has 2 aliphatic rings. The second kappa shape index (κ2) is 4.51. The molecular formula is C14H18FNOS. The zero-order valence-electron chi connectivity index (χ0n) is 10.5. The molecule has 1 aromatic rings. The maximum atomic E-state index is 14.1. The number of thioether (sulfide) groups is 1. The Kier molecular flexibility index (Phi) is 3.12. The normalized spacial score (nSPS) is 23.5. The number of hydrogen-bond donors (Lipinski definition) is 1. The number of hydrogen-bond acceptors (Lipinski definition) is 3. The molecule has 98 valence electrons. The molecule has 1 aliphatic heterocycles. The van der Waals surface area contributed by atoms with Gasteiger partial charge in [0.15, 0.2) is 0 Å². The molecule has 0 aromatic heterocycles. The van der Waals surface area contributed by atoms with E-state index in [1.807, 2.05) is 19.1 Å². The first-order valence-electron chi connectivity index (χ1n) is 6.42. The van der Waals surface area contributed by atoms with Gasteiger partial charge in [-0.25, -0.2) is 4.39 Å². The van der Waals surface area contributed by atoms with Crippen LogP contribution in [0.15, 0.2) is 23.1 Å². The Morgan fingerprint density at radius 1 is 1.44 bits per heavy atom. The Bertz CT molecular complexity index is 455. The van der Waals surface area contributed by atoms with Crippen molar-refractivity contribution in [3.63, 3.8) is 0 Å². The van der Waals surface area contributed by atoms with E-state index in [9.17, 15) is 4.39 Å². The van der Waals surface area contributed by atoms with Gasteiger partial charge in [0, 0.05) is 16.4 Å². The molecule has 1 heterocycles. The van der Waals surface area contributed by atoms with E-state index in [4.69, 9.17) is 10.5 Å². The molecule has 2 fully saturated rings. The van der Waals surface area contributed by atoms with Crippen LogP contribution in [0.25, 0.3) is 0 Å². The molecular weight excluding hydrogens is 249 g/mol. The average molecular weight is 267 g/mol. The van der Waals surface area contributed by atoms with E-state index >= 15 is 0 Å². The van der Waals surface area contributed by atoms with Gasteiger partial charge in [0.2, 0.25) is 0 Å². The molecule has 1 saturated carbocycles. The van der Waals surface area contributed by atoms with Gasteiger partial charge in [0.05, 0.1) is 18.5 Å². The van der Waals surface area contributed by atoms with Gasteiger partial charge in [0.25, 0.3) is 0 Å². The lowest BCUT2D eigenvalue weighted by atomic mass is 9.89. The van der Waals surface area contributed by atoms with Crippen LogP contribution in [-0.4, -0.2) is 24.5 Å². The summed E-state index contributed by atoms with van der Waals surface area (Å²) >= 11 is 1.57. The highest BCUT2D eigenvalue weighted by molar-refractivity contribution is 8.00. The van der Waals surface area contributed by atoms with E-state index in [0.717, 1.165) is 36.5 Å². The van der Waals surface area contributed by atoms with Crippen LogP contribution in [0.4, 0.5) is 4.39 Å². The average Bonchev–Trinajstić information content (AvgIpc) is 3.06. The lowest BCUT2D eigenvalue weighted by Gasteiger charge is -2.26. The third-order valence-corrected chi connectivity index (χ3v) is 5.26. The van der Waals surface area contributed by atoms with Crippen LogP contribution in [0, 0.1) is 5.82 Å². The van der Waals surface area contributed by atoms with Crippen molar-refractivity contribution >= 4 is 11.8 Å². The predicted molar refractivity (Wildman–Crippen MR) is 71.4 cm³/mol. The van der Waals surface area contributed by atoms with Crippen LogP contribution in [0.5, 0.6) is 0 Å². The largest absolute Gasteiger partial charge is 0.379 e. The molecule has 1 aliphatic carbocycles. The van der Waals surface area contributed by atoms with Crippen molar-refractivity contribution in [1.29, 1.82) is 0 Å². The number of halogens is 1. The fourth-order valence-electron chi connectivity index (χ4n) is 2.51. The number of benzene rings is 1. The molecule has 0 amide bonds. The number of nitrogens with two attached hydrogens (primary N) is 1. The highest BCUT2D eigenvalue weighted by Gasteiger charge is 2.47. The fourth-order valence-corrected chi connectivity index (χ4v) is 3.52. The Hall–Kier alpha value is -0.580. The van der Waals surface area contributed by atoms with Gasteiger partial charge in [-0.15, -0.1) is 11.8 Å². The molecule has 3 rings (SSSR count). The van der Waals surface area contributed by atoms with Crippen LogP contribution in [0.1, 0.15) is 25.3 Å². The molecule has 0 spiro atoms. The number of ether oxygens (including phenoxy) is 1. The summed E-state index contributed by atoms with van der Waals surface area (Å²) < 4.78 is 19.2. The van der Waals surface area contributed by atoms with Gasteiger partial charge < -0.3 is 10.5 Å². The summed E-state index contributed by atoms with van der Waals surface area (Å²) in [6, 6.07) is 5.71. The first-order valence-corrected chi connectivity index (χ1v) is 7.30. The second-order valence-electron chi connectivity index (χ2n) is 5.37. The van der Waals surface area contributed by atoms with Crippen LogP contribution >= 0.6 is 11.8 Å². The second-order valence-corrected chi connectivity index (χ2v) is 6.71. The maximum absolute atomic E-state index is 14.1. The minimum Gasteiger partial charge on any atom is -0.379 e. The lowest BCUT2D eigenvalue weighted by Crippen LogP contribution is -2.31. The molecule has 1 aromatic carbocycles. The fraction of sp³-hybridized carbons (Fsp3) is 0.571. The summed E-state index contributed by atoms with van der Waals surface area (Å²) in [6.07, 6.45) is 2.15. The molecule has 0 radical (unpaired) electrons. The van der Waals surface area contributed by atoms with E-state index in [0.29, 0.717) is 5.25 Å². The molecule has 1 saturated heterocycles. The van der Waals surface area contributed by atoms with Gasteiger partial charge in [-0.2, -0.15) is 0 Å². The maximum Gasteiger partial charge on any atom is 0.137 e. The van der Waals surface area contributed by atoms with Gasteiger partial charge >= 0.3 is 0 Å². The smallest absolute Gasteiger partial charge is 0.137 e. The highest BCUT2D eigenvalue weighted by Crippen LogP contribution is 2.50. The van der Waals surface area contributed by atoms with Crippen molar-refractivity contribution in [3.05, 3.63) is 29.6 Å². The lowest BCUT2D eigenvalue weighted by molar-refractivity contribution is 0.0455. The van der Waals surface area contributed by atoms with Crippen molar-refractivity contribution < 1.29 is 9.13 Å². The Balaban J connectivity index is 1.80. The summed E-state index contributed by atoms with van der Waals surface area (Å²) in [5.41, 5.74) is 7.11. The van der Waals surface area contributed by atoms with Crippen LogP contribution in [-0.2, 0) is 10.2 Å². The van der Waals surface area contributed by atoms with Gasteiger partial charge in [0.1, 0.15) is 5.82 Å². The van der Waals surface area contributed by atoms with Crippen LogP contribution in [0.3, 0.4) is 0 Å². The van der Waals surface area contributed by atoms with Crippen molar-refractivity contribution in [2.75, 3.05) is 13.2 Å². The third kappa shape index (κ3) is 2.06. The van der Waals surface area contributed by atoms with E-state index in [-0.39, 0.29) is 17.3 Å². The quantitative estimate of drug-likeness (QED) is 0.911. The summed E-state index contributed by atoms with van der Waals surface area (Å²) in [6.45, 7) is 3.48. The van der Waals surface area contributed by atoms with Gasteiger partial charge in [-0.05, 0) is 37.5 Å². The summed E-state index contributed by atoms with van der Waals surface area (Å²) in [4.78, 5) is 0.729. The zero-order chi connectivity index (χ0) is 12.8. The van der Waals surface area contributed by atoms with E-state index < -0.39 is 0 Å². The molecule has 4 heteroatoms. The van der Waals surface area contributed by atoms with Crippen LogP contribution in [0.2, 0.25) is 0 Å². The monoisotopic (exact) mass is 267 g/mol. The van der Waals surface area contributed by atoms with E-state index in [1.54, 1.807) is 17.8 Å². The first kappa shape index (κ1) is 12.5. The Morgan fingerprint density at radius 2 is 2.17 bits per heavy atom. The summed E-state index contributed by atoms with van der Waals surface area (Å²) in [5.74, 6) is -0.115. The van der Waals surface area contributed by atoms with Crippen molar-refractivity contribution in [2.24, 2.45) is 5.73 Å². The molecule has 0 bridgehead atoms. The first-order chi connectivity index (χ1) is 8.62. The SMILES string of the molecule is CC(N)C1(c2ccc(SC3COC3)c(F)c2)CC1. The van der Waals surface area contributed by atoms with Crippen molar-refractivity contribution in [2.45, 2.75) is 41.4 Å². The summed E-state index contributed by atoms with van der Waals surface area (Å²) in [5, 5.41) is 0.411. The minimum atomic E-state index is -0.115. The van der Waals surface area contributed by atoms with E-state index in [1.165, 1.54) is 0 Å².